The fraction of sp³-hybridized carbons (Fsp3) is 0.727. The lowest BCUT2D eigenvalue weighted by Gasteiger charge is -2.44. The maximum absolute atomic E-state index is 11.6. The second-order valence-corrected chi connectivity index (χ2v) is 10.1. The van der Waals surface area contributed by atoms with Crippen molar-refractivity contribution in [3.8, 4) is 0 Å². The molecule has 2 bridgehead atoms. The third-order valence-corrected chi connectivity index (χ3v) is 7.20. The maximum atomic E-state index is 11.6. The van der Waals surface area contributed by atoms with Crippen molar-refractivity contribution in [2.45, 2.75) is 102 Å². The van der Waals surface area contributed by atoms with E-state index in [1.165, 1.54) is 47.9 Å². The summed E-state index contributed by atoms with van der Waals surface area (Å²) in [5.74, 6) is 0. The second-order valence-electron chi connectivity index (χ2n) is 10.1. The van der Waals surface area contributed by atoms with Crippen molar-refractivity contribution >= 4 is 0 Å². The Morgan fingerprint density at radius 1 is 0.875 bits per heavy atom. The highest BCUT2D eigenvalue weighted by molar-refractivity contribution is 5.49. The molecule has 4 rings (SSSR count). The van der Waals surface area contributed by atoms with Crippen molar-refractivity contribution in [3.05, 3.63) is 34.4 Å². The predicted octanol–water partition coefficient (Wildman–Crippen LogP) is 4.45. The minimum absolute atomic E-state index is 0.204. The number of hydrogen-bond donors (Lipinski definition) is 2. The van der Waals surface area contributed by atoms with E-state index in [1.54, 1.807) is 0 Å². The molecule has 2 aliphatic heterocycles. The van der Waals surface area contributed by atoms with E-state index in [0.29, 0.717) is 12.1 Å². The number of benzene rings is 1. The van der Waals surface area contributed by atoms with Gasteiger partial charge in [-0.15, -0.1) is 0 Å². The van der Waals surface area contributed by atoms with Crippen LogP contribution in [0.2, 0.25) is 0 Å². The van der Waals surface area contributed by atoms with E-state index in [2.05, 4.69) is 52.1 Å². The molecule has 132 valence electrons. The van der Waals surface area contributed by atoms with Crippen molar-refractivity contribution in [3.63, 3.8) is 0 Å². The molecule has 2 unspecified atom stereocenters. The Morgan fingerprint density at radius 3 is 1.92 bits per heavy atom. The van der Waals surface area contributed by atoms with Crippen LogP contribution in [-0.2, 0) is 16.4 Å². The molecule has 0 aromatic heterocycles. The van der Waals surface area contributed by atoms with E-state index >= 15 is 0 Å². The fourth-order valence-electron chi connectivity index (χ4n) is 5.57. The molecule has 0 amide bonds. The van der Waals surface area contributed by atoms with Gasteiger partial charge >= 0.3 is 0 Å². The highest BCUT2D eigenvalue weighted by Gasteiger charge is 2.45. The van der Waals surface area contributed by atoms with Crippen LogP contribution in [0, 0.1) is 6.92 Å². The molecule has 1 aliphatic carbocycles. The Bertz CT molecular complexity index is 661. The zero-order chi connectivity index (χ0) is 17.3. The maximum Gasteiger partial charge on any atom is 0.0928 e. The number of rotatable bonds is 1. The molecule has 2 N–H and O–H groups in total. The first-order chi connectivity index (χ1) is 11.1. The van der Waals surface area contributed by atoms with Crippen LogP contribution in [0.4, 0.5) is 0 Å². The molecule has 1 aromatic rings. The summed E-state index contributed by atoms with van der Waals surface area (Å²) < 4.78 is 0. The molecule has 24 heavy (non-hydrogen) atoms. The molecule has 2 saturated heterocycles. The molecular weight excluding hydrogens is 294 g/mol. The molecule has 0 saturated carbocycles. The van der Waals surface area contributed by atoms with Crippen molar-refractivity contribution in [2.75, 3.05) is 0 Å². The lowest BCUT2D eigenvalue weighted by atomic mass is 9.61. The minimum atomic E-state index is -0.645. The summed E-state index contributed by atoms with van der Waals surface area (Å²) in [7, 11) is 0. The van der Waals surface area contributed by atoms with E-state index in [9.17, 15) is 5.11 Å². The van der Waals surface area contributed by atoms with Gasteiger partial charge in [0.25, 0.3) is 0 Å². The molecule has 1 aromatic carbocycles. The van der Waals surface area contributed by atoms with E-state index in [1.807, 2.05) is 0 Å². The molecule has 2 fully saturated rings. The van der Waals surface area contributed by atoms with Crippen LogP contribution in [0.5, 0.6) is 0 Å². The van der Waals surface area contributed by atoms with Crippen molar-refractivity contribution in [2.24, 2.45) is 0 Å². The first-order valence-electron chi connectivity index (χ1n) is 9.75. The SMILES string of the molecule is Cc1cc2c(cc1C1(O)CC3CCC(C1)N3)C(C)(C)CCC2(C)C. The summed E-state index contributed by atoms with van der Waals surface area (Å²) in [6.45, 7) is 11.7. The van der Waals surface area contributed by atoms with E-state index in [-0.39, 0.29) is 10.8 Å². The summed E-state index contributed by atoms with van der Waals surface area (Å²) in [6.07, 6.45) is 6.63. The van der Waals surface area contributed by atoms with Crippen LogP contribution in [0.25, 0.3) is 0 Å². The van der Waals surface area contributed by atoms with Gasteiger partial charge in [-0.25, -0.2) is 0 Å². The van der Waals surface area contributed by atoms with Gasteiger partial charge in [0, 0.05) is 12.1 Å². The number of piperidine rings is 1. The third kappa shape index (κ3) is 2.45. The molecule has 0 spiro atoms. The topological polar surface area (TPSA) is 32.3 Å². The van der Waals surface area contributed by atoms with Gasteiger partial charge in [-0.1, -0.05) is 39.8 Å². The van der Waals surface area contributed by atoms with E-state index in [0.717, 1.165) is 12.8 Å². The molecule has 2 heterocycles. The van der Waals surface area contributed by atoms with Gasteiger partial charge in [0.15, 0.2) is 0 Å². The van der Waals surface area contributed by atoms with Gasteiger partial charge in [0.05, 0.1) is 5.60 Å². The zero-order valence-electron chi connectivity index (χ0n) is 16.0. The predicted molar refractivity (Wildman–Crippen MR) is 99.5 cm³/mol. The highest BCUT2D eigenvalue weighted by Crippen LogP contribution is 2.49. The van der Waals surface area contributed by atoms with E-state index < -0.39 is 5.60 Å². The minimum Gasteiger partial charge on any atom is -0.385 e. The lowest BCUT2D eigenvalue weighted by molar-refractivity contribution is -0.0121. The smallest absolute Gasteiger partial charge is 0.0928 e. The number of nitrogens with one attached hydrogen (secondary N) is 1. The summed E-state index contributed by atoms with van der Waals surface area (Å²) in [4.78, 5) is 0. The van der Waals surface area contributed by atoms with Crippen LogP contribution < -0.4 is 5.32 Å². The Morgan fingerprint density at radius 2 is 1.38 bits per heavy atom. The molecule has 0 radical (unpaired) electrons. The number of hydrogen-bond acceptors (Lipinski definition) is 2. The molecule has 2 atom stereocenters. The standard InChI is InChI=1S/C22H33NO/c1-14-10-18-19(21(4,5)9-8-20(18,2)3)11-17(14)22(24)12-15-6-7-16(13-22)23-15/h10-11,15-16,23-24H,6-9,12-13H2,1-5H3. The first-order valence-corrected chi connectivity index (χ1v) is 9.75. The zero-order valence-corrected chi connectivity index (χ0v) is 16.0. The second kappa shape index (κ2) is 5.08. The molecule has 3 aliphatic rings. The van der Waals surface area contributed by atoms with Gasteiger partial charge < -0.3 is 10.4 Å². The van der Waals surface area contributed by atoms with Crippen LogP contribution in [0.1, 0.15) is 88.5 Å². The third-order valence-electron chi connectivity index (χ3n) is 7.20. The van der Waals surface area contributed by atoms with Gasteiger partial charge in [-0.3, -0.25) is 0 Å². The number of aryl methyl sites for hydroxylation is 1. The van der Waals surface area contributed by atoms with Crippen molar-refractivity contribution < 1.29 is 5.11 Å². The summed E-state index contributed by atoms with van der Waals surface area (Å²) >= 11 is 0. The number of fused-ring (bicyclic) bond motifs is 3. The first kappa shape index (κ1) is 16.6. The van der Waals surface area contributed by atoms with Gasteiger partial charge in [-0.2, -0.15) is 0 Å². The van der Waals surface area contributed by atoms with Crippen molar-refractivity contribution in [1.82, 2.24) is 5.32 Å². The molecular formula is C22H33NO. The average Bonchev–Trinajstić information content (AvgIpc) is 2.83. The summed E-state index contributed by atoms with van der Waals surface area (Å²) in [5.41, 5.74) is 5.25. The van der Waals surface area contributed by atoms with Crippen molar-refractivity contribution in [1.29, 1.82) is 0 Å². The Balaban J connectivity index is 1.83. The molecule has 2 heteroatoms. The lowest BCUT2D eigenvalue weighted by Crippen LogP contribution is -2.47. The van der Waals surface area contributed by atoms with E-state index in [4.69, 9.17) is 0 Å². The monoisotopic (exact) mass is 327 g/mol. The van der Waals surface area contributed by atoms with Crippen LogP contribution in [-0.4, -0.2) is 17.2 Å². The highest BCUT2D eigenvalue weighted by atomic mass is 16.3. The normalized spacial score (nSPS) is 36.4. The fourth-order valence-corrected chi connectivity index (χ4v) is 5.57. The Kier molecular flexibility index (Phi) is 3.51. The van der Waals surface area contributed by atoms with Gasteiger partial charge in [-0.05, 0) is 78.5 Å². The quantitative estimate of drug-likeness (QED) is 0.799. The summed E-state index contributed by atoms with van der Waals surface area (Å²) in [6, 6.07) is 5.77. The van der Waals surface area contributed by atoms with Crippen LogP contribution >= 0.6 is 0 Å². The molecule has 2 nitrogen and oxygen atoms in total. The number of aliphatic hydroxyl groups is 1. The van der Waals surface area contributed by atoms with Gasteiger partial charge in [0.2, 0.25) is 0 Å². The van der Waals surface area contributed by atoms with Crippen LogP contribution in [0.15, 0.2) is 12.1 Å². The Hall–Kier alpha value is -0.860. The summed E-state index contributed by atoms with van der Waals surface area (Å²) in [5, 5.41) is 15.2. The Labute approximate surface area is 147 Å². The van der Waals surface area contributed by atoms with Gasteiger partial charge in [0.1, 0.15) is 0 Å². The average molecular weight is 328 g/mol. The van der Waals surface area contributed by atoms with Crippen LogP contribution in [0.3, 0.4) is 0 Å². The largest absolute Gasteiger partial charge is 0.385 e.